The molecule has 1 rings (SSSR count). The lowest BCUT2D eigenvalue weighted by Gasteiger charge is -2.35. The summed E-state index contributed by atoms with van der Waals surface area (Å²) in [5.74, 6) is 0.794. The standard InChI is InChI=1S/C16H34N2O/c1-5-9-17-12-16(8-10-19-14-16)13-18(7-3)11-15(4)6-2/h15,17H,5-14H2,1-4H3. The summed E-state index contributed by atoms with van der Waals surface area (Å²) in [7, 11) is 0. The lowest BCUT2D eigenvalue weighted by molar-refractivity contribution is 0.103. The third-order valence-electron chi connectivity index (χ3n) is 4.38. The quantitative estimate of drug-likeness (QED) is 0.618. The highest BCUT2D eigenvalue weighted by atomic mass is 16.5. The Balaban J connectivity index is 2.50. The number of ether oxygens (including phenoxy) is 1. The fourth-order valence-electron chi connectivity index (χ4n) is 2.85. The number of nitrogens with zero attached hydrogens (tertiary/aromatic N) is 1. The van der Waals surface area contributed by atoms with Gasteiger partial charge in [-0.3, -0.25) is 0 Å². The number of nitrogens with one attached hydrogen (secondary N) is 1. The molecule has 0 bridgehead atoms. The van der Waals surface area contributed by atoms with Crippen LogP contribution in [0.2, 0.25) is 0 Å². The van der Waals surface area contributed by atoms with Crippen LogP contribution in [-0.4, -0.2) is 50.8 Å². The molecule has 0 radical (unpaired) electrons. The zero-order valence-electron chi connectivity index (χ0n) is 13.5. The van der Waals surface area contributed by atoms with Crippen molar-refractivity contribution in [1.82, 2.24) is 10.2 Å². The maximum absolute atomic E-state index is 5.70. The van der Waals surface area contributed by atoms with Gasteiger partial charge in [0.2, 0.25) is 0 Å². The van der Waals surface area contributed by atoms with Gasteiger partial charge in [-0.25, -0.2) is 0 Å². The van der Waals surface area contributed by atoms with Gasteiger partial charge in [-0.2, -0.15) is 0 Å². The molecular formula is C16H34N2O. The van der Waals surface area contributed by atoms with Crippen LogP contribution in [0.4, 0.5) is 0 Å². The molecule has 1 aliphatic rings. The molecule has 0 aromatic rings. The van der Waals surface area contributed by atoms with E-state index in [9.17, 15) is 0 Å². The summed E-state index contributed by atoms with van der Waals surface area (Å²) in [5.41, 5.74) is 0.346. The average Bonchev–Trinajstić information content (AvgIpc) is 2.87. The van der Waals surface area contributed by atoms with E-state index in [4.69, 9.17) is 4.74 Å². The van der Waals surface area contributed by atoms with Crippen molar-refractivity contribution in [3.8, 4) is 0 Å². The maximum Gasteiger partial charge on any atom is 0.0547 e. The molecule has 19 heavy (non-hydrogen) atoms. The largest absolute Gasteiger partial charge is 0.381 e. The first-order chi connectivity index (χ1) is 9.15. The highest BCUT2D eigenvalue weighted by Gasteiger charge is 2.36. The Bertz CT molecular complexity index is 227. The zero-order valence-corrected chi connectivity index (χ0v) is 13.5. The third-order valence-corrected chi connectivity index (χ3v) is 4.38. The van der Waals surface area contributed by atoms with Crippen LogP contribution < -0.4 is 5.32 Å². The third kappa shape index (κ3) is 5.80. The molecule has 3 nitrogen and oxygen atoms in total. The van der Waals surface area contributed by atoms with Crippen molar-refractivity contribution in [3.63, 3.8) is 0 Å². The fourth-order valence-corrected chi connectivity index (χ4v) is 2.85. The van der Waals surface area contributed by atoms with Crippen LogP contribution in [0.1, 0.15) is 47.0 Å². The van der Waals surface area contributed by atoms with E-state index in [1.54, 1.807) is 0 Å². The Morgan fingerprint density at radius 1 is 1.32 bits per heavy atom. The summed E-state index contributed by atoms with van der Waals surface area (Å²) in [4.78, 5) is 2.62. The second kappa shape index (κ2) is 8.93. The molecule has 0 aromatic carbocycles. The SMILES string of the molecule is CCCNCC1(CN(CC)CC(C)CC)CCOC1. The van der Waals surface area contributed by atoms with E-state index in [1.807, 2.05) is 0 Å². The topological polar surface area (TPSA) is 24.5 Å². The van der Waals surface area contributed by atoms with E-state index in [0.717, 1.165) is 38.8 Å². The molecule has 0 spiro atoms. The zero-order chi connectivity index (χ0) is 14.1. The number of rotatable bonds is 10. The van der Waals surface area contributed by atoms with E-state index >= 15 is 0 Å². The van der Waals surface area contributed by atoms with E-state index < -0.39 is 0 Å². The van der Waals surface area contributed by atoms with Crippen LogP contribution in [-0.2, 0) is 4.74 Å². The summed E-state index contributed by atoms with van der Waals surface area (Å²) in [5, 5.41) is 3.61. The highest BCUT2D eigenvalue weighted by molar-refractivity contribution is 4.88. The summed E-state index contributed by atoms with van der Waals surface area (Å²) in [6, 6.07) is 0. The first-order valence-electron chi connectivity index (χ1n) is 8.16. The van der Waals surface area contributed by atoms with Gasteiger partial charge in [0.25, 0.3) is 0 Å². The van der Waals surface area contributed by atoms with Gasteiger partial charge in [0, 0.05) is 31.7 Å². The van der Waals surface area contributed by atoms with Crippen molar-refractivity contribution in [3.05, 3.63) is 0 Å². The van der Waals surface area contributed by atoms with Gasteiger partial charge in [-0.1, -0.05) is 34.1 Å². The van der Waals surface area contributed by atoms with Crippen molar-refractivity contribution in [2.75, 3.05) is 45.9 Å². The predicted octanol–water partition coefficient (Wildman–Crippen LogP) is 2.76. The van der Waals surface area contributed by atoms with Crippen molar-refractivity contribution < 1.29 is 4.74 Å². The molecule has 1 saturated heterocycles. The van der Waals surface area contributed by atoms with Gasteiger partial charge in [0.15, 0.2) is 0 Å². The summed E-state index contributed by atoms with van der Waals surface area (Å²) in [6.45, 7) is 16.8. The molecular weight excluding hydrogens is 236 g/mol. The molecule has 3 heteroatoms. The van der Waals surface area contributed by atoms with Crippen LogP contribution >= 0.6 is 0 Å². The van der Waals surface area contributed by atoms with Gasteiger partial charge >= 0.3 is 0 Å². The van der Waals surface area contributed by atoms with Gasteiger partial charge in [0.1, 0.15) is 0 Å². The van der Waals surface area contributed by atoms with Crippen LogP contribution in [0.5, 0.6) is 0 Å². The summed E-state index contributed by atoms with van der Waals surface area (Å²) < 4.78 is 5.70. The Kier molecular flexibility index (Phi) is 7.96. The number of hydrogen-bond donors (Lipinski definition) is 1. The van der Waals surface area contributed by atoms with E-state index in [1.165, 1.54) is 32.4 Å². The van der Waals surface area contributed by atoms with Crippen molar-refractivity contribution >= 4 is 0 Å². The van der Waals surface area contributed by atoms with E-state index in [-0.39, 0.29) is 0 Å². The number of hydrogen-bond acceptors (Lipinski definition) is 3. The van der Waals surface area contributed by atoms with Crippen LogP contribution in [0.3, 0.4) is 0 Å². The average molecular weight is 270 g/mol. The molecule has 1 heterocycles. The van der Waals surface area contributed by atoms with Gasteiger partial charge in [-0.05, 0) is 31.8 Å². The van der Waals surface area contributed by atoms with Gasteiger partial charge in [0.05, 0.1) is 6.61 Å². The van der Waals surface area contributed by atoms with E-state index in [2.05, 4.69) is 37.9 Å². The predicted molar refractivity (Wildman–Crippen MR) is 82.6 cm³/mol. The second-order valence-electron chi connectivity index (χ2n) is 6.32. The normalized spacial score (nSPS) is 25.1. The summed E-state index contributed by atoms with van der Waals surface area (Å²) in [6.07, 6.45) is 3.69. The van der Waals surface area contributed by atoms with Crippen LogP contribution in [0.15, 0.2) is 0 Å². The molecule has 0 amide bonds. The van der Waals surface area contributed by atoms with Gasteiger partial charge in [-0.15, -0.1) is 0 Å². The fraction of sp³-hybridized carbons (Fsp3) is 1.00. The molecule has 2 atom stereocenters. The van der Waals surface area contributed by atoms with Crippen LogP contribution in [0, 0.1) is 11.3 Å². The van der Waals surface area contributed by atoms with Crippen molar-refractivity contribution in [2.24, 2.45) is 11.3 Å². The molecule has 0 aromatic heterocycles. The lowest BCUT2D eigenvalue weighted by Crippen LogP contribution is -2.46. The molecule has 1 aliphatic heterocycles. The lowest BCUT2D eigenvalue weighted by atomic mass is 9.86. The molecule has 1 N–H and O–H groups in total. The van der Waals surface area contributed by atoms with Crippen LogP contribution in [0.25, 0.3) is 0 Å². The minimum atomic E-state index is 0.346. The highest BCUT2D eigenvalue weighted by Crippen LogP contribution is 2.29. The maximum atomic E-state index is 5.70. The minimum Gasteiger partial charge on any atom is -0.381 e. The first-order valence-corrected chi connectivity index (χ1v) is 8.16. The monoisotopic (exact) mass is 270 g/mol. The Morgan fingerprint density at radius 2 is 2.11 bits per heavy atom. The summed E-state index contributed by atoms with van der Waals surface area (Å²) >= 11 is 0. The Labute approximate surface area is 120 Å². The van der Waals surface area contributed by atoms with Crippen molar-refractivity contribution in [1.29, 1.82) is 0 Å². The van der Waals surface area contributed by atoms with E-state index in [0.29, 0.717) is 5.41 Å². The molecule has 0 aliphatic carbocycles. The smallest absolute Gasteiger partial charge is 0.0547 e. The van der Waals surface area contributed by atoms with Gasteiger partial charge < -0.3 is 15.0 Å². The molecule has 0 saturated carbocycles. The Morgan fingerprint density at radius 3 is 2.63 bits per heavy atom. The molecule has 1 fully saturated rings. The molecule has 114 valence electrons. The minimum absolute atomic E-state index is 0.346. The van der Waals surface area contributed by atoms with Crippen molar-refractivity contribution in [2.45, 2.75) is 47.0 Å². The molecule has 2 unspecified atom stereocenters. The Hall–Kier alpha value is -0.120. The first kappa shape index (κ1) is 16.9. The second-order valence-corrected chi connectivity index (χ2v) is 6.32.